The highest BCUT2D eigenvalue weighted by molar-refractivity contribution is 5.93. The van der Waals surface area contributed by atoms with E-state index in [0.29, 0.717) is 12.1 Å². The molecule has 6 nitrogen and oxygen atoms in total. The summed E-state index contributed by atoms with van der Waals surface area (Å²) in [5.41, 5.74) is 2.60. The number of anilines is 1. The number of benzene rings is 2. The van der Waals surface area contributed by atoms with Crippen molar-refractivity contribution in [2.24, 2.45) is 0 Å². The number of nitrogens with zero attached hydrogens (tertiary/aromatic N) is 4. The summed E-state index contributed by atoms with van der Waals surface area (Å²) in [4.78, 5) is 16.9. The molecule has 0 spiro atoms. The molecule has 144 valence electrons. The molecule has 3 aromatic rings. The molecular weight excluding hydrogens is 352 g/mol. The lowest BCUT2D eigenvalue weighted by molar-refractivity contribution is 0.0709. The predicted molar refractivity (Wildman–Crippen MR) is 109 cm³/mol. The van der Waals surface area contributed by atoms with Gasteiger partial charge < -0.3 is 14.5 Å². The average molecular weight is 376 g/mol. The minimum atomic E-state index is -0.0760. The van der Waals surface area contributed by atoms with Crippen LogP contribution in [0.3, 0.4) is 0 Å². The number of likely N-dealkylation sites (N-methyl/N-ethyl adjacent to an activating group) is 2. The fourth-order valence-corrected chi connectivity index (χ4v) is 3.54. The fraction of sp³-hybridized carbons (Fsp3) is 0.273. The molecule has 2 aromatic carbocycles. The van der Waals surface area contributed by atoms with Gasteiger partial charge in [0.2, 0.25) is 0 Å². The van der Waals surface area contributed by atoms with Crippen LogP contribution in [-0.2, 0) is 0 Å². The number of para-hydroxylation sites is 3. The van der Waals surface area contributed by atoms with Gasteiger partial charge in [-0.25, -0.2) is 4.68 Å². The Balaban J connectivity index is 1.45. The second-order valence-corrected chi connectivity index (χ2v) is 6.94. The smallest absolute Gasteiger partial charge is 0.256 e. The van der Waals surface area contributed by atoms with Crippen molar-refractivity contribution >= 4 is 11.6 Å². The van der Waals surface area contributed by atoms with E-state index in [4.69, 9.17) is 4.74 Å². The number of ether oxygens (including phenoxy) is 1. The van der Waals surface area contributed by atoms with E-state index in [1.54, 1.807) is 22.0 Å². The molecule has 0 unspecified atom stereocenters. The third-order valence-electron chi connectivity index (χ3n) is 4.98. The standard InChI is InChI=1S/C22H24N4O2/c1-3-25-16-19(28-21-12-8-7-11-20(21)25)15-24(2)22(27)17-13-23-26(14-17)18-9-5-4-6-10-18/h4-14,19H,3,15-16H2,1-2H3/t19-/m1/s1. The summed E-state index contributed by atoms with van der Waals surface area (Å²) >= 11 is 0. The van der Waals surface area contributed by atoms with E-state index >= 15 is 0 Å². The minimum absolute atomic E-state index is 0.0623. The fourth-order valence-electron chi connectivity index (χ4n) is 3.54. The van der Waals surface area contributed by atoms with E-state index in [1.807, 2.05) is 55.6 Å². The van der Waals surface area contributed by atoms with Crippen LogP contribution in [0.4, 0.5) is 5.69 Å². The van der Waals surface area contributed by atoms with Crippen molar-refractivity contribution < 1.29 is 9.53 Å². The first-order valence-electron chi connectivity index (χ1n) is 9.52. The van der Waals surface area contributed by atoms with Crippen LogP contribution in [0.15, 0.2) is 67.0 Å². The van der Waals surface area contributed by atoms with Crippen molar-refractivity contribution in [3.05, 3.63) is 72.6 Å². The summed E-state index contributed by atoms with van der Waals surface area (Å²) in [5.74, 6) is 0.811. The third kappa shape index (κ3) is 3.58. The van der Waals surface area contributed by atoms with E-state index in [1.165, 1.54) is 0 Å². The van der Waals surface area contributed by atoms with Gasteiger partial charge in [-0.05, 0) is 31.2 Å². The molecule has 0 N–H and O–H groups in total. The Bertz CT molecular complexity index is 954. The summed E-state index contributed by atoms with van der Waals surface area (Å²) in [6, 6.07) is 17.8. The first-order valence-corrected chi connectivity index (χ1v) is 9.52. The number of amides is 1. The summed E-state index contributed by atoms with van der Waals surface area (Å²) in [5, 5.41) is 4.32. The molecule has 0 saturated carbocycles. The third-order valence-corrected chi connectivity index (χ3v) is 4.98. The van der Waals surface area contributed by atoms with Gasteiger partial charge in [-0.2, -0.15) is 5.10 Å². The Kier molecular flexibility index (Phi) is 5.02. The van der Waals surface area contributed by atoms with Crippen molar-refractivity contribution in [2.75, 3.05) is 31.6 Å². The maximum atomic E-state index is 12.9. The van der Waals surface area contributed by atoms with Crippen molar-refractivity contribution in [3.8, 4) is 11.4 Å². The SMILES string of the molecule is CCN1C[C@@H](CN(C)C(=O)c2cnn(-c3ccccc3)c2)Oc2ccccc21. The van der Waals surface area contributed by atoms with Crippen LogP contribution >= 0.6 is 0 Å². The molecule has 0 saturated heterocycles. The van der Waals surface area contributed by atoms with Crippen LogP contribution in [0.25, 0.3) is 5.69 Å². The lowest BCUT2D eigenvalue weighted by Crippen LogP contribution is -2.46. The summed E-state index contributed by atoms with van der Waals surface area (Å²) in [6.45, 7) is 4.30. The lowest BCUT2D eigenvalue weighted by Gasteiger charge is -2.37. The molecule has 28 heavy (non-hydrogen) atoms. The molecule has 2 heterocycles. The number of hydrogen-bond donors (Lipinski definition) is 0. The largest absolute Gasteiger partial charge is 0.485 e. The predicted octanol–water partition coefficient (Wildman–Crippen LogP) is 3.23. The first-order chi connectivity index (χ1) is 13.7. The first kappa shape index (κ1) is 18.1. The van der Waals surface area contributed by atoms with Crippen molar-refractivity contribution in [1.29, 1.82) is 0 Å². The second kappa shape index (κ2) is 7.76. The van der Waals surface area contributed by atoms with Crippen LogP contribution in [0, 0.1) is 0 Å². The quantitative estimate of drug-likeness (QED) is 0.686. The summed E-state index contributed by atoms with van der Waals surface area (Å²) in [7, 11) is 1.81. The zero-order valence-corrected chi connectivity index (χ0v) is 16.2. The minimum Gasteiger partial charge on any atom is -0.485 e. The Morgan fingerprint density at radius 1 is 1.18 bits per heavy atom. The number of hydrogen-bond acceptors (Lipinski definition) is 4. The average Bonchev–Trinajstić information content (AvgIpc) is 3.23. The summed E-state index contributed by atoms with van der Waals surface area (Å²) < 4.78 is 7.85. The van der Waals surface area contributed by atoms with Gasteiger partial charge in [0.25, 0.3) is 5.91 Å². The van der Waals surface area contributed by atoms with E-state index in [-0.39, 0.29) is 12.0 Å². The van der Waals surface area contributed by atoms with Crippen molar-refractivity contribution in [3.63, 3.8) is 0 Å². The van der Waals surface area contributed by atoms with Crippen LogP contribution in [0.1, 0.15) is 17.3 Å². The molecule has 0 aliphatic carbocycles. The van der Waals surface area contributed by atoms with Crippen molar-refractivity contribution in [1.82, 2.24) is 14.7 Å². The molecule has 1 aromatic heterocycles. The number of carbonyl (C=O) groups excluding carboxylic acids is 1. The molecule has 1 aliphatic rings. The van der Waals surface area contributed by atoms with E-state index in [2.05, 4.69) is 23.0 Å². The van der Waals surface area contributed by atoms with Gasteiger partial charge in [-0.1, -0.05) is 30.3 Å². The highest BCUT2D eigenvalue weighted by Crippen LogP contribution is 2.32. The highest BCUT2D eigenvalue weighted by atomic mass is 16.5. The normalized spacial score (nSPS) is 15.6. The Morgan fingerprint density at radius 3 is 2.71 bits per heavy atom. The van der Waals surface area contributed by atoms with Crippen LogP contribution in [-0.4, -0.2) is 53.4 Å². The van der Waals surface area contributed by atoms with Crippen molar-refractivity contribution in [2.45, 2.75) is 13.0 Å². The molecule has 0 radical (unpaired) electrons. The maximum Gasteiger partial charge on any atom is 0.256 e. The van der Waals surface area contributed by atoms with E-state index in [0.717, 1.165) is 30.2 Å². The van der Waals surface area contributed by atoms with Crippen LogP contribution < -0.4 is 9.64 Å². The van der Waals surface area contributed by atoms with Gasteiger partial charge >= 0.3 is 0 Å². The number of carbonyl (C=O) groups is 1. The lowest BCUT2D eigenvalue weighted by atomic mass is 10.1. The Labute approximate surface area is 164 Å². The number of rotatable bonds is 5. The van der Waals surface area contributed by atoms with Gasteiger partial charge in [0.05, 0.1) is 36.2 Å². The van der Waals surface area contributed by atoms with E-state index in [9.17, 15) is 4.79 Å². The van der Waals surface area contributed by atoms with E-state index < -0.39 is 0 Å². The monoisotopic (exact) mass is 376 g/mol. The molecule has 1 atom stereocenters. The Hall–Kier alpha value is -3.28. The topological polar surface area (TPSA) is 50.6 Å². The maximum absolute atomic E-state index is 12.9. The Morgan fingerprint density at radius 2 is 1.93 bits per heavy atom. The highest BCUT2D eigenvalue weighted by Gasteiger charge is 2.27. The summed E-state index contributed by atoms with van der Waals surface area (Å²) in [6.07, 6.45) is 3.30. The second-order valence-electron chi connectivity index (χ2n) is 6.94. The van der Waals surface area contributed by atoms with Crippen LogP contribution in [0.5, 0.6) is 5.75 Å². The number of aromatic nitrogens is 2. The molecule has 1 aliphatic heterocycles. The molecule has 1 amide bonds. The molecular formula is C22H24N4O2. The zero-order valence-electron chi connectivity index (χ0n) is 16.2. The molecule has 0 fully saturated rings. The van der Waals surface area contributed by atoms with Crippen LogP contribution in [0.2, 0.25) is 0 Å². The number of fused-ring (bicyclic) bond motifs is 1. The molecule has 0 bridgehead atoms. The van der Waals surface area contributed by atoms with Gasteiger partial charge in [0.15, 0.2) is 0 Å². The van der Waals surface area contributed by atoms with Gasteiger partial charge in [0, 0.05) is 19.8 Å². The van der Waals surface area contributed by atoms with Gasteiger partial charge in [-0.15, -0.1) is 0 Å². The molecule has 6 heteroatoms. The zero-order chi connectivity index (χ0) is 19.5. The van der Waals surface area contributed by atoms with Gasteiger partial charge in [-0.3, -0.25) is 4.79 Å². The molecule has 4 rings (SSSR count). The van der Waals surface area contributed by atoms with Gasteiger partial charge in [0.1, 0.15) is 11.9 Å².